The molecule has 0 spiro atoms. The molecular weight excluding hydrogens is 457 g/mol. The van der Waals surface area contributed by atoms with Gasteiger partial charge in [-0.3, -0.25) is 14.2 Å². The van der Waals surface area contributed by atoms with E-state index in [0.29, 0.717) is 16.1 Å². The highest BCUT2D eigenvalue weighted by molar-refractivity contribution is 8.00. The molecule has 1 N–H and O–H groups in total. The number of aromatic nitrogens is 2. The average molecular weight is 482 g/mol. The summed E-state index contributed by atoms with van der Waals surface area (Å²) in [6.07, 6.45) is 4.48. The van der Waals surface area contributed by atoms with Crippen LogP contribution in [-0.2, 0) is 4.79 Å². The summed E-state index contributed by atoms with van der Waals surface area (Å²) in [4.78, 5) is 31.2. The van der Waals surface area contributed by atoms with E-state index in [1.54, 1.807) is 16.3 Å². The second-order valence-electron chi connectivity index (χ2n) is 8.48. The highest BCUT2D eigenvalue weighted by Gasteiger charge is 2.39. The number of hydrogen-bond acceptors (Lipinski definition) is 5. The lowest BCUT2D eigenvalue weighted by molar-refractivity contribution is -0.113. The minimum absolute atomic E-state index is 0.0195. The quantitative estimate of drug-likeness (QED) is 0.294. The van der Waals surface area contributed by atoms with Crippen molar-refractivity contribution >= 4 is 35.1 Å². The SMILES string of the molecule is Cc1cccc(-n2c(SCC(=O)Nc3ccc(F)cc3)nc3c(c2=O)C2CCCCC2S3)c1. The Morgan fingerprint density at radius 3 is 2.79 bits per heavy atom. The molecule has 1 aromatic heterocycles. The Morgan fingerprint density at radius 1 is 1.21 bits per heavy atom. The van der Waals surface area contributed by atoms with Crippen molar-refractivity contribution in [3.8, 4) is 5.69 Å². The maximum absolute atomic E-state index is 13.8. The second kappa shape index (κ2) is 9.35. The van der Waals surface area contributed by atoms with Gasteiger partial charge in [0, 0.05) is 16.9 Å². The number of thioether (sulfide) groups is 2. The van der Waals surface area contributed by atoms with Crippen molar-refractivity contribution in [2.24, 2.45) is 0 Å². The number of hydrogen-bond donors (Lipinski definition) is 1. The van der Waals surface area contributed by atoms with E-state index in [9.17, 15) is 14.0 Å². The number of carbonyl (C=O) groups excluding carboxylic acids is 1. The molecule has 0 bridgehead atoms. The Morgan fingerprint density at radius 2 is 2.00 bits per heavy atom. The van der Waals surface area contributed by atoms with Gasteiger partial charge in [0.05, 0.1) is 17.0 Å². The van der Waals surface area contributed by atoms with Crippen molar-refractivity contribution < 1.29 is 9.18 Å². The molecule has 2 aromatic carbocycles. The van der Waals surface area contributed by atoms with Crippen molar-refractivity contribution in [3.63, 3.8) is 0 Å². The van der Waals surface area contributed by atoms with Gasteiger partial charge in [-0.15, -0.1) is 11.8 Å². The third kappa shape index (κ3) is 4.59. The summed E-state index contributed by atoms with van der Waals surface area (Å²) in [7, 11) is 0. The Hall–Kier alpha value is -2.58. The van der Waals surface area contributed by atoms with Crippen LogP contribution in [0.4, 0.5) is 10.1 Å². The number of amides is 1. The lowest BCUT2D eigenvalue weighted by Gasteiger charge is -2.24. The van der Waals surface area contributed by atoms with Gasteiger partial charge >= 0.3 is 0 Å². The molecule has 0 radical (unpaired) electrons. The predicted octanol–water partition coefficient (Wildman–Crippen LogP) is 5.54. The van der Waals surface area contributed by atoms with Gasteiger partial charge < -0.3 is 5.32 Å². The number of anilines is 1. The zero-order valence-corrected chi connectivity index (χ0v) is 19.8. The van der Waals surface area contributed by atoms with Crippen LogP contribution >= 0.6 is 23.5 Å². The summed E-state index contributed by atoms with van der Waals surface area (Å²) >= 11 is 2.96. The average Bonchev–Trinajstić information content (AvgIpc) is 3.18. The molecule has 2 heterocycles. The smallest absolute Gasteiger partial charge is 0.263 e. The Bertz CT molecular complexity index is 1260. The van der Waals surface area contributed by atoms with Crippen molar-refractivity contribution in [2.75, 3.05) is 11.1 Å². The fraction of sp³-hybridized carbons (Fsp3) is 0.320. The normalized spacial score (nSPS) is 19.1. The van der Waals surface area contributed by atoms with Crippen LogP contribution in [-0.4, -0.2) is 26.5 Å². The van der Waals surface area contributed by atoms with E-state index in [1.807, 2.05) is 31.2 Å². The topological polar surface area (TPSA) is 64.0 Å². The first-order valence-electron chi connectivity index (χ1n) is 11.1. The molecule has 2 atom stereocenters. The third-order valence-corrected chi connectivity index (χ3v) is 8.45. The van der Waals surface area contributed by atoms with Gasteiger partial charge in [0.1, 0.15) is 10.8 Å². The Balaban J connectivity index is 1.47. The summed E-state index contributed by atoms with van der Waals surface area (Å²) in [6.45, 7) is 1.99. The van der Waals surface area contributed by atoms with Crippen LogP contribution in [0.1, 0.15) is 42.7 Å². The minimum atomic E-state index is -0.357. The summed E-state index contributed by atoms with van der Waals surface area (Å²) < 4.78 is 14.8. The fourth-order valence-corrected chi connectivity index (χ4v) is 6.94. The first kappa shape index (κ1) is 22.2. The van der Waals surface area contributed by atoms with Crippen LogP contribution in [0, 0.1) is 12.7 Å². The molecule has 2 aliphatic rings. The number of nitrogens with one attached hydrogen (secondary N) is 1. The Kier molecular flexibility index (Phi) is 6.29. The molecule has 33 heavy (non-hydrogen) atoms. The van der Waals surface area contributed by atoms with Crippen LogP contribution in [0.5, 0.6) is 0 Å². The largest absolute Gasteiger partial charge is 0.325 e. The molecule has 170 valence electrons. The fourth-order valence-electron chi connectivity index (χ4n) is 4.57. The van der Waals surface area contributed by atoms with Crippen LogP contribution in [0.15, 0.2) is 63.5 Å². The van der Waals surface area contributed by atoms with Crippen LogP contribution in [0.3, 0.4) is 0 Å². The number of carbonyl (C=O) groups is 1. The van der Waals surface area contributed by atoms with E-state index >= 15 is 0 Å². The number of nitrogens with zero attached hydrogens (tertiary/aromatic N) is 2. The molecule has 0 saturated heterocycles. The van der Waals surface area contributed by atoms with E-state index in [4.69, 9.17) is 4.98 Å². The molecule has 2 unspecified atom stereocenters. The van der Waals surface area contributed by atoms with Gasteiger partial charge in [-0.2, -0.15) is 0 Å². The highest BCUT2D eigenvalue weighted by Crippen LogP contribution is 2.50. The molecule has 1 aliphatic heterocycles. The van der Waals surface area contributed by atoms with Gasteiger partial charge in [-0.05, 0) is 61.7 Å². The molecule has 8 heteroatoms. The lowest BCUT2D eigenvalue weighted by atomic mass is 9.85. The lowest BCUT2D eigenvalue weighted by Crippen LogP contribution is -2.29. The van der Waals surface area contributed by atoms with E-state index in [1.165, 1.54) is 42.4 Å². The van der Waals surface area contributed by atoms with E-state index in [-0.39, 0.29) is 29.0 Å². The van der Waals surface area contributed by atoms with Crippen molar-refractivity contribution in [1.29, 1.82) is 0 Å². The zero-order valence-electron chi connectivity index (χ0n) is 18.2. The molecule has 1 amide bonds. The van der Waals surface area contributed by atoms with Gasteiger partial charge in [0.15, 0.2) is 5.16 Å². The van der Waals surface area contributed by atoms with E-state index in [2.05, 4.69) is 5.32 Å². The first-order chi connectivity index (χ1) is 16.0. The predicted molar refractivity (Wildman–Crippen MR) is 131 cm³/mol. The van der Waals surface area contributed by atoms with Crippen LogP contribution in [0.25, 0.3) is 5.69 Å². The molecule has 5 nitrogen and oxygen atoms in total. The van der Waals surface area contributed by atoms with Gasteiger partial charge in [0.2, 0.25) is 5.91 Å². The molecule has 3 aromatic rings. The maximum Gasteiger partial charge on any atom is 0.263 e. The number of fused-ring (bicyclic) bond motifs is 3. The van der Waals surface area contributed by atoms with Gasteiger partial charge in [-0.25, -0.2) is 9.37 Å². The molecular formula is C25H24FN3O2S2. The van der Waals surface area contributed by atoms with Crippen molar-refractivity contribution in [1.82, 2.24) is 9.55 Å². The van der Waals surface area contributed by atoms with E-state index in [0.717, 1.165) is 41.1 Å². The van der Waals surface area contributed by atoms with Gasteiger partial charge in [-0.1, -0.05) is 36.7 Å². The molecule has 1 aliphatic carbocycles. The summed E-state index contributed by atoms with van der Waals surface area (Å²) in [6, 6.07) is 13.4. The van der Waals surface area contributed by atoms with E-state index < -0.39 is 0 Å². The monoisotopic (exact) mass is 481 g/mol. The highest BCUT2D eigenvalue weighted by atomic mass is 32.2. The van der Waals surface area contributed by atoms with Crippen LogP contribution < -0.4 is 10.9 Å². The summed E-state index contributed by atoms with van der Waals surface area (Å²) in [5.41, 5.74) is 3.16. The van der Waals surface area contributed by atoms with Crippen molar-refractivity contribution in [2.45, 2.75) is 54.0 Å². The number of aryl methyl sites for hydroxylation is 1. The summed E-state index contributed by atoms with van der Waals surface area (Å²) in [5.74, 6) is -0.245. The number of halogens is 1. The summed E-state index contributed by atoms with van der Waals surface area (Å²) in [5, 5.41) is 4.53. The standard InChI is InChI=1S/C25H24FN3O2S2/c1-15-5-4-6-18(13-15)29-24(31)22-19-7-2-3-8-20(19)33-23(22)28-25(29)32-14-21(30)27-17-11-9-16(26)10-12-17/h4-6,9-13,19-20H,2-3,7-8,14H2,1H3,(H,27,30). The van der Waals surface area contributed by atoms with Crippen molar-refractivity contribution in [3.05, 3.63) is 75.8 Å². The van der Waals surface area contributed by atoms with Gasteiger partial charge in [0.25, 0.3) is 5.56 Å². The molecule has 1 saturated carbocycles. The second-order valence-corrected chi connectivity index (χ2v) is 10.7. The number of benzene rings is 2. The zero-order chi connectivity index (χ0) is 22.9. The Labute approximate surface area is 200 Å². The minimum Gasteiger partial charge on any atom is -0.325 e. The van der Waals surface area contributed by atoms with Crippen LogP contribution in [0.2, 0.25) is 0 Å². The first-order valence-corrected chi connectivity index (χ1v) is 12.9. The number of rotatable bonds is 5. The third-order valence-electron chi connectivity index (χ3n) is 6.11. The molecule has 5 rings (SSSR count). The maximum atomic E-state index is 13.8. The molecule has 1 fully saturated rings.